The summed E-state index contributed by atoms with van der Waals surface area (Å²) in [6.07, 6.45) is 1.99. The molecule has 0 atom stereocenters. The minimum absolute atomic E-state index is 0.175. The summed E-state index contributed by atoms with van der Waals surface area (Å²) in [5, 5.41) is 0. The van der Waals surface area contributed by atoms with E-state index in [0.29, 0.717) is 11.5 Å². The van der Waals surface area contributed by atoms with E-state index in [1.165, 1.54) is 12.1 Å². The number of fused-ring (bicyclic) bond motifs is 1. The van der Waals surface area contributed by atoms with Gasteiger partial charge in [-0.2, -0.15) is 0 Å². The van der Waals surface area contributed by atoms with Crippen LogP contribution in [0.1, 0.15) is 31.0 Å². The summed E-state index contributed by atoms with van der Waals surface area (Å²) in [6.45, 7) is 4.41. The molecule has 0 N–H and O–H groups in total. The fourth-order valence-electron chi connectivity index (χ4n) is 3.41. The number of hydrogen-bond donors (Lipinski definition) is 0. The smallest absolute Gasteiger partial charge is 0.231 e. The van der Waals surface area contributed by atoms with E-state index >= 15 is 0 Å². The molecule has 1 aliphatic rings. The van der Waals surface area contributed by atoms with Gasteiger partial charge in [-0.1, -0.05) is 32.0 Å². The molecule has 0 fully saturated rings. The summed E-state index contributed by atoms with van der Waals surface area (Å²) < 4.78 is 25.6. The monoisotopic (exact) mass is 517 g/mol. The first-order valence-corrected chi connectivity index (χ1v) is 10.7. The Morgan fingerprint density at radius 2 is 1.83 bits per heavy atom. The van der Waals surface area contributed by atoms with Crippen molar-refractivity contribution < 1.29 is 13.9 Å². The van der Waals surface area contributed by atoms with Crippen LogP contribution >= 0.6 is 31.9 Å². The molecule has 0 aliphatic carbocycles. The number of nitrogens with zero attached hydrogens (tertiary/aromatic N) is 1. The summed E-state index contributed by atoms with van der Waals surface area (Å²) in [5.41, 5.74) is 5.45. The molecule has 0 saturated carbocycles. The van der Waals surface area contributed by atoms with Crippen molar-refractivity contribution in [3.8, 4) is 33.9 Å². The molecule has 2 aromatic carbocycles. The molecule has 4 rings (SSSR count). The van der Waals surface area contributed by atoms with Crippen molar-refractivity contribution in [3.63, 3.8) is 0 Å². The van der Waals surface area contributed by atoms with Crippen LogP contribution < -0.4 is 9.47 Å². The second-order valence-electron chi connectivity index (χ2n) is 6.99. The van der Waals surface area contributed by atoms with Crippen LogP contribution in [-0.2, 0) is 0 Å². The first-order valence-electron chi connectivity index (χ1n) is 9.16. The number of hydrogen-bond acceptors (Lipinski definition) is 3. The summed E-state index contributed by atoms with van der Waals surface area (Å²) in [5.74, 6) is 1.32. The minimum Gasteiger partial charge on any atom is -0.454 e. The summed E-state index contributed by atoms with van der Waals surface area (Å²) in [7, 11) is 0. The van der Waals surface area contributed by atoms with Crippen molar-refractivity contribution in [1.29, 1.82) is 0 Å². The Kier molecular flexibility index (Phi) is 5.74. The third-order valence-electron chi connectivity index (χ3n) is 4.72. The molecule has 6 heteroatoms. The highest BCUT2D eigenvalue weighted by atomic mass is 79.9. The highest BCUT2D eigenvalue weighted by molar-refractivity contribution is 9.28. The zero-order chi connectivity index (χ0) is 20.5. The van der Waals surface area contributed by atoms with E-state index in [0.717, 1.165) is 37.0 Å². The van der Waals surface area contributed by atoms with E-state index in [4.69, 9.17) is 14.5 Å². The van der Waals surface area contributed by atoms with Crippen LogP contribution in [0.25, 0.3) is 28.5 Å². The van der Waals surface area contributed by atoms with E-state index in [-0.39, 0.29) is 18.5 Å². The maximum absolute atomic E-state index is 13.5. The summed E-state index contributed by atoms with van der Waals surface area (Å²) in [4.78, 5) is 4.98. The van der Waals surface area contributed by atoms with Gasteiger partial charge in [-0.15, -0.1) is 0 Å². The molecule has 1 aliphatic heterocycles. The largest absolute Gasteiger partial charge is 0.454 e. The van der Waals surface area contributed by atoms with Crippen molar-refractivity contribution in [3.05, 3.63) is 69.0 Å². The third kappa shape index (κ3) is 4.09. The van der Waals surface area contributed by atoms with Crippen LogP contribution in [-0.4, -0.2) is 11.8 Å². The van der Waals surface area contributed by atoms with Crippen LogP contribution in [0, 0.1) is 5.82 Å². The predicted molar refractivity (Wildman–Crippen MR) is 121 cm³/mol. The van der Waals surface area contributed by atoms with Crippen LogP contribution in [0.15, 0.2) is 51.9 Å². The van der Waals surface area contributed by atoms with Gasteiger partial charge in [0.1, 0.15) is 5.82 Å². The molecule has 0 saturated heterocycles. The molecule has 1 aromatic heterocycles. The number of ether oxygens (including phenoxy) is 2. The zero-order valence-electron chi connectivity index (χ0n) is 15.9. The van der Waals surface area contributed by atoms with Crippen molar-refractivity contribution in [2.75, 3.05) is 6.79 Å². The fourth-order valence-corrected chi connectivity index (χ4v) is 3.87. The van der Waals surface area contributed by atoms with E-state index < -0.39 is 0 Å². The number of para-hydroxylation sites is 1. The molecule has 3 nitrogen and oxygen atoms in total. The van der Waals surface area contributed by atoms with Gasteiger partial charge in [0.15, 0.2) is 11.5 Å². The number of rotatable bonds is 4. The average molecular weight is 519 g/mol. The SMILES string of the molecule is CC(C)c1nc(-c2cccc3c2OCO3)cc(-c2ccc(F)cc2)c1C=C(Br)Br. The minimum atomic E-state index is -0.266. The number of aromatic nitrogens is 1. The Balaban J connectivity index is 2.01. The zero-order valence-corrected chi connectivity index (χ0v) is 19.1. The fraction of sp³-hybridized carbons (Fsp3) is 0.174. The Morgan fingerprint density at radius 1 is 1.07 bits per heavy atom. The van der Waals surface area contributed by atoms with Gasteiger partial charge in [0.2, 0.25) is 6.79 Å². The molecular formula is C23H18Br2FNO2. The quantitative estimate of drug-likeness (QED) is 0.358. The molecule has 3 aromatic rings. The molecule has 0 amide bonds. The molecule has 0 radical (unpaired) electrons. The molecule has 148 valence electrons. The molecule has 0 bridgehead atoms. The van der Waals surface area contributed by atoms with Gasteiger partial charge in [0, 0.05) is 11.1 Å². The van der Waals surface area contributed by atoms with Gasteiger partial charge < -0.3 is 9.47 Å². The number of pyridine rings is 1. The van der Waals surface area contributed by atoms with Crippen molar-refractivity contribution in [2.45, 2.75) is 19.8 Å². The Morgan fingerprint density at radius 3 is 2.52 bits per heavy atom. The highest BCUT2D eigenvalue weighted by Crippen LogP contribution is 2.43. The van der Waals surface area contributed by atoms with Gasteiger partial charge >= 0.3 is 0 Å². The standard InChI is InChI=1S/C23H18Br2FNO2/c1-13(2)22-18(11-21(24)25)17(14-6-8-15(26)9-7-14)10-19(27-22)16-4-3-5-20-23(16)29-12-28-20/h3-11,13H,12H2,1-2H3. The van der Waals surface area contributed by atoms with E-state index in [2.05, 4.69) is 45.7 Å². The van der Waals surface area contributed by atoms with Crippen molar-refractivity contribution >= 4 is 37.9 Å². The summed E-state index contributed by atoms with van der Waals surface area (Å²) in [6, 6.07) is 14.3. The first kappa shape index (κ1) is 20.1. The lowest BCUT2D eigenvalue weighted by Gasteiger charge is -2.18. The molecule has 0 unspecified atom stereocenters. The lowest BCUT2D eigenvalue weighted by atomic mass is 9.92. The van der Waals surface area contributed by atoms with E-state index in [1.54, 1.807) is 12.1 Å². The maximum atomic E-state index is 13.5. The van der Waals surface area contributed by atoms with Crippen molar-refractivity contribution in [2.24, 2.45) is 0 Å². The van der Waals surface area contributed by atoms with Gasteiger partial charge in [-0.3, -0.25) is 4.98 Å². The lowest BCUT2D eigenvalue weighted by Crippen LogP contribution is -2.02. The normalized spacial score (nSPS) is 12.3. The van der Waals surface area contributed by atoms with Crippen LogP contribution in [0.3, 0.4) is 0 Å². The predicted octanol–water partition coefficient (Wildman–Crippen LogP) is 7.50. The molecule has 0 spiro atoms. The maximum Gasteiger partial charge on any atom is 0.231 e. The number of halogens is 3. The van der Waals surface area contributed by atoms with E-state index in [1.807, 2.05) is 30.3 Å². The number of benzene rings is 2. The second kappa shape index (κ2) is 8.28. The molecule has 2 heterocycles. The van der Waals surface area contributed by atoms with E-state index in [9.17, 15) is 4.39 Å². The average Bonchev–Trinajstić information content (AvgIpc) is 3.17. The molecular weight excluding hydrogens is 501 g/mol. The molecule has 29 heavy (non-hydrogen) atoms. The van der Waals surface area contributed by atoms with Crippen molar-refractivity contribution in [1.82, 2.24) is 4.98 Å². The Bertz CT molecular complexity index is 1090. The topological polar surface area (TPSA) is 31.4 Å². The Hall–Kier alpha value is -2.18. The van der Waals surface area contributed by atoms with Gasteiger partial charge in [0.25, 0.3) is 0 Å². The third-order valence-corrected chi connectivity index (χ3v) is 5.17. The highest BCUT2D eigenvalue weighted by Gasteiger charge is 2.22. The summed E-state index contributed by atoms with van der Waals surface area (Å²) >= 11 is 6.94. The van der Waals surface area contributed by atoms with Crippen LogP contribution in [0.2, 0.25) is 0 Å². The van der Waals surface area contributed by atoms with Gasteiger partial charge in [-0.05, 0) is 85.3 Å². The van der Waals surface area contributed by atoms with Gasteiger partial charge in [-0.25, -0.2) is 4.39 Å². The van der Waals surface area contributed by atoms with Crippen LogP contribution in [0.5, 0.6) is 11.5 Å². The lowest BCUT2D eigenvalue weighted by molar-refractivity contribution is 0.174. The second-order valence-corrected chi connectivity index (χ2v) is 9.76. The first-order chi connectivity index (χ1) is 13.9. The Labute approximate surface area is 185 Å². The van der Waals surface area contributed by atoms with Gasteiger partial charge in [0.05, 0.1) is 14.8 Å². The van der Waals surface area contributed by atoms with Crippen LogP contribution in [0.4, 0.5) is 4.39 Å².